The molecule has 0 amide bonds. The summed E-state index contributed by atoms with van der Waals surface area (Å²) in [5.41, 5.74) is -0.0493. The molecule has 8 heteroatoms. The van der Waals surface area contributed by atoms with Crippen LogP contribution in [0.25, 0.3) is 0 Å². The first kappa shape index (κ1) is 18.0. The zero-order chi connectivity index (χ0) is 17.0. The topological polar surface area (TPSA) is 91.6 Å². The van der Waals surface area contributed by atoms with Crippen LogP contribution in [0.3, 0.4) is 0 Å². The number of hydrogen-bond acceptors (Lipinski definition) is 4. The quantitative estimate of drug-likeness (QED) is 0.774. The largest absolute Gasteiger partial charge is 0.477 e. The smallest absolute Gasteiger partial charge is 0.352 e. The van der Waals surface area contributed by atoms with E-state index in [0.717, 1.165) is 19.6 Å². The molecule has 0 bridgehead atoms. The molecule has 0 spiro atoms. The maximum Gasteiger partial charge on any atom is 0.352 e. The third-order valence-corrected chi connectivity index (χ3v) is 5.54. The molecular weight excluding hydrogens is 318 g/mol. The predicted octanol–water partition coefficient (Wildman–Crippen LogP) is 1.12. The van der Waals surface area contributed by atoms with Gasteiger partial charge in [0.05, 0.1) is 0 Å². The molecule has 1 saturated heterocycles. The lowest BCUT2D eigenvalue weighted by Crippen LogP contribution is -2.38. The molecule has 1 aliphatic heterocycles. The number of carbonyl (C=O) groups is 1. The average molecular weight is 343 g/mol. The molecule has 1 aromatic rings. The summed E-state index contributed by atoms with van der Waals surface area (Å²) >= 11 is 0. The molecule has 1 fully saturated rings. The van der Waals surface area contributed by atoms with Gasteiger partial charge in [-0.1, -0.05) is 13.3 Å². The molecule has 130 valence electrons. The van der Waals surface area contributed by atoms with Crippen molar-refractivity contribution in [2.45, 2.75) is 31.1 Å². The standard InChI is InChI=1S/C15H25N3O4S/c1-12(10-18-6-4-3-5-7-18)9-16-23(21,22)13-8-14(15(19)20)17(2)11-13/h8,11-12,16H,3-7,9-10H2,1-2H3,(H,19,20)/t12-/m0/s1. The summed E-state index contributed by atoms with van der Waals surface area (Å²) in [6.45, 7) is 5.40. The molecule has 2 rings (SSSR count). The Balaban J connectivity index is 1.92. The summed E-state index contributed by atoms with van der Waals surface area (Å²) in [7, 11) is -2.17. The molecule has 0 aliphatic carbocycles. The van der Waals surface area contributed by atoms with Crippen molar-refractivity contribution in [3.8, 4) is 0 Å². The maximum absolute atomic E-state index is 12.3. The van der Waals surface area contributed by atoms with Crippen LogP contribution >= 0.6 is 0 Å². The van der Waals surface area contributed by atoms with Crippen molar-refractivity contribution in [1.29, 1.82) is 0 Å². The van der Waals surface area contributed by atoms with Gasteiger partial charge in [0, 0.05) is 26.3 Å². The third-order valence-electron chi connectivity index (χ3n) is 4.15. The molecule has 7 nitrogen and oxygen atoms in total. The summed E-state index contributed by atoms with van der Waals surface area (Å²) in [6.07, 6.45) is 5.01. The number of aryl methyl sites for hydroxylation is 1. The first-order valence-electron chi connectivity index (χ1n) is 7.91. The van der Waals surface area contributed by atoms with Gasteiger partial charge >= 0.3 is 5.97 Å². The van der Waals surface area contributed by atoms with E-state index in [0.29, 0.717) is 6.54 Å². The molecule has 0 radical (unpaired) electrons. The molecular formula is C15H25N3O4S. The maximum atomic E-state index is 12.3. The van der Waals surface area contributed by atoms with Gasteiger partial charge in [-0.05, 0) is 37.9 Å². The molecule has 2 heterocycles. The van der Waals surface area contributed by atoms with Crippen LogP contribution in [0.1, 0.15) is 36.7 Å². The van der Waals surface area contributed by atoms with Crippen molar-refractivity contribution in [1.82, 2.24) is 14.2 Å². The van der Waals surface area contributed by atoms with Gasteiger partial charge in [0.2, 0.25) is 10.0 Å². The number of likely N-dealkylation sites (tertiary alicyclic amines) is 1. The van der Waals surface area contributed by atoms with Crippen LogP contribution in [0, 0.1) is 5.92 Å². The first-order chi connectivity index (χ1) is 10.8. The van der Waals surface area contributed by atoms with E-state index in [1.54, 1.807) is 0 Å². The van der Waals surface area contributed by atoms with Crippen molar-refractivity contribution in [3.05, 3.63) is 18.0 Å². The monoisotopic (exact) mass is 343 g/mol. The SMILES string of the molecule is C[C@@H](CNS(=O)(=O)c1cc(C(=O)O)n(C)c1)CN1CCCCC1. The minimum atomic E-state index is -3.68. The van der Waals surface area contributed by atoms with E-state index in [4.69, 9.17) is 5.11 Å². The van der Waals surface area contributed by atoms with Gasteiger partial charge in [-0.25, -0.2) is 17.9 Å². The fourth-order valence-corrected chi connectivity index (χ4v) is 4.11. The fraction of sp³-hybridized carbons (Fsp3) is 0.667. The molecule has 0 saturated carbocycles. The van der Waals surface area contributed by atoms with Crippen LogP contribution in [0.5, 0.6) is 0 Å². The van der Waals surface area contributed by atoms with Gasteiger partial charge in [-0.2, -0.15) is 0 Å². The fourth-order valence-electron chi connectivity index (χ4n) is 2.88. The highest BCUT2D eigenvalue weighted by Gasteiger charge is 2.21. The van der Waals surface area contributed by atoms with Gasteiger partial charge in [0.25, 0.3) is 0 Å². The number of rotatable bonds is 7. The Labute approximate surface area is 137 Å². The number of carboxylic acid groups (broad SMARTS) is 1. The average Bonchev–Trinajstić information content (AvgIpc) is 2.89. The number of carboxylic acids is 1. The number of aromatic carboxylic acids is 1. The molecule has 2 N–H and O–H groups in total. The van der Waals surface area contributed by atoms with Crippen molar-refractivity contribution >= 4 is 16.0 Å². The number of nitrogens with zero attached hydrogens (tertiary/aromatic N) is 2. The second-order valence-corrected chi connectivity index (χ2v) is 8.06. The lowest BCUT2D eigenvalue weighted by atomic mass is 10.1. The van der Waals surface area contributed by atoms with Crippen LogP contribution in [0.4, 0.5) is 0 Å². The van der Waals surface area contributed by atoms with Gasteiger partial charge < -0.3 is 14.6 Å². The van der Waals surface area contributed by atoms with E-state index in [1.165, 1.54) is 43.1 Å². The minimum absolute atomic E-state index is 0.0115. The highest BCUT2D eigenvalue weighted by Crippen LogP contribution is 2.14. The highest BCUT2D eigenvalue weighted by atomic mass is 32.2. The second-order valence-electron chi connectivity index (χ2n) is 6.30. The Hall–Kier alpha value is -1.38. The van der Waals surface area contributed by atoms with E-state index in [9.17, 15) is 13.2 Å². The zero-order valence-electron chi connectivity index (χ0n) is 13.7. The Morgan fingerprint density at radius 2 is 2.00 bits per heavy atom. The molecule has 1 atom stereocenters. The Kier molecular flexibility index (Phi) is 5.83. The number of aromatic nitrogens is 1. The Morgan fingerprint density at radius 1 is 1.35 bits per heavy atom. The molecule has 0 aromatic carbocycles. The van der Waals surface area contributed by atoms with E-state index in [-0.39, 0.29) is 16.5 Å². The number of nitrogens with one attached hydrogen (secondary N) is 1. The van der Waals surface area contributed by atoms with Gasteiger partial charge in [0.15, 0.2) is 0 Å². The summed E-state index contributed by atoms with van der Waals surface area (Å²) in [4.78, 5) is 13.4. The van der Waals surface area contributed by atoms with E-state index in [2.05, 4.69) is 9.62 Å². The molecule has 23 heavy (non-hydrogen) atoms. The van der Waals surface area contributed by atoms with Gasteiger partial charge in [-0.15, -0.1) is 0 Å². The Bertz CT molecular complexity index is 648. The van der Waals surface area contributed by atoms with Crippen molar-refractivity contribution in [2.24, 2.45) is 13.0 Å². The summed E-state index contributed by atoms with van der Waals surface area (Å²) in [5.74, 6) is -0.946. The Morgan fingerprint density at radius 3 is 2.57 bits per heavy atom. The number of sulfonamides is 1. The van der Waals surface area contributed by atoms with Gasteiger partial charge in [-0.3, -0.25) is 0 Å². The zero-order valence-corrected chi connectivity index (χ0v) is 14.5. The van der Waals surface area contributed by atoms with Crippen LogP contribution in [-0.2, 0) is 17.1 Å². The van der Waals surface area contributed by atoms with Crippen LogP contribution in [0.15, 0.2) is 17.2 Å². The number of piperidine rings is 1. The van der Waals surface area contributed by atoms with Crippen LogP contribution < -0.4 is 4.72 Å². The van der Waals surface area contributed by atoms with E-state index in [1.807, 2.05) is 6.92 Å². The van der Waals surface area contributed by atoms with Crippen LogP contribution in [-0.4, -0.2) is 55.1 Å². The van der Waals surface area contributed by atoms with E-state index >= 15 is 0 Å². The van der Waals surface area contributed by atoms with Crippen molar-refractivity contribution in [2.75, 3.05) is 26.2 Å². The predicted molar refractivity (Wildman–Crippen MR) is 87.0 cm³/mol. The molecule has 1 aliphatic rings. The second kappa shape index (κ2) is 7.46. The van der Waals surface area contributed by atoms with Gasteiger partial charge in [0.1, 0.15) is 10.6 Å². The number of hydrogen-bond donors (Lipinski definition) is 2. The summed E-state index contributed by atoms with van der Waals surface area (Å²) < 4.78 is 28.5. The highest BCUT2D eigenvalue weighted by molar-refractivity contribution is 7.89. The molecule has 1 aromatic heterocycles. The lowest BCUT2D eigenvalue weighted by Gasteiger charge is -2.29. The summed E-state index contributed by atoms with van der Waals surface area (Å²) in [5, 5.41) is 9.00. The normalized spacial score (nSPS) is 18.0. The first-order valence-corrected chi connectivity index (χ1v) is 9.39. The summed E-state index contributed by atoms with van der Waals surface area (Å²) in [6, 6.07) is 1.18. The van der Waals surface area contributed by atoms with E-state index < -0.39 is 16.0 Å². The minimum Gasteiger partial charge on any atom is -0.477 e. The van der Waals surface area contributed by atoms with Crippen molar-refractivity contribution in [3.63, 3.8) is 0 Å². The lowest BCUT2D eigenvalue weighted by molar-refractivity contribution is 0.0686. The van der Waals surface area contributed by atoms with Crippen molar-refractivity contribution < 1.29 is 18.3 Å². The third kappa shape index (κ3) is 4.79. The molecule has 0 unspecified atom stereocenters. The van der Waals surface area contributed by atoms with Crippen LogP contribution in [0.2, 0.25) is 0 Å².